The van der Waals surface area contributed by atoms with Crippen LogP contribution in [0, 0.1) is 6.92 Å². The number of amidine groups is 1. The second kappa shape index (κ2) is 9.33. The van der Waals surface area contributed by atoms with Crippen LogP contribution in [0.3, 0.4) is 0 Å². The summed E-state index contributed by atoms with van der Waals surface area (Å²) < 4.78 is 11.8. The van der Waals surface area contributed by atoms with Crippen molar-refractivity contribution in [1.82, 2.24) is 5.32 Å². The maximum atomic E-state index is 6.24. The first kappa shape index (κ1) is 25.3. The highest BCUT2D eigenvalue weighted by molar-refractivity contribution is 6.30. The van der Waals surface area contributed by atoms with Gasteiger partial charge < -0.3 is 14.8 Å². The molecule has 3 aromatic rings. The molecule has 0 saturated heterocycles. The molecule has 2 atom stereocenters. The highest BCUT2D eigenvalue weighted by Crippen LogP contribution is 2.48. The van der Waals surface area contributed by atoms with Gasteiger partial charge in [-0.2, -0.15) is 0 Å². The Hall–Kier alpha value is -2.82. The highest BCUT2D eigenvalue weighted by atomic mass is 35.5. The van der Waals surface area contributed by atoms with Gasteiger partial charge in [0.15, 0.2) is 0 Å². The zero-order valence-corrected chi connectivity index (χ0v) is 22.5. The molecule has 3 aromatic carbocycles. The highest BCUT2D eigenvalue weighted by Gasteiger charge is 2.52. The summed E-state index contributed by atoms with van der Waals surface area (Å²) >= 11 is 6.24. The van der Waals surface area contributed by atoms with E-state index in [0.717, 1.165) is 33.8 Å². The fourth-order valence-corrected chi connectivity index (χ4v) is 4.83. The predicted octanol–water partition coefficient (Wildman–Crippen LogP) is 7.11. The van der Waals surface area contributed by atoms with Gasteiger partial charge >= 0.3 is 0 Å². The molecule has 4 nitrogen and oxygen atoms in total. The van der Waals surface area contributed by atoms with Crippen LogP contribution in [-0.4, -0.2) is 19.6 Å². The molecule has 0 bridgehead atoms. The minimum Gasteiger partial charge on any atom is -0.493 e. The van der Waals surface area contributed by atoms with Crippen molar-refractivity contribution in [2.45, 2.75) is 58.2 Å². The van der Waals surface area contributed by atoms with E-state index in [1.807, 2.05) is 19.1 Å². The van der Waals surface area contributed by atoms with E-state index in [9.17, 15) is 0 Å². The zero-order chi connectivity index (χ0) is 25.4. The van der Waals surface area contributed by atoms with Crippen LogP contribution in [0.15, 0.2) is 71.7 Å². The molecular weight excluding hydrogens is 456 g/mol. The third-order valence-electron chi connectivity index (χ3n) is 7.45. The standard InChI is InChI=1S/C30H35ClN2O2/c1-8-35-26-19-23(28(3,4)34-7)15-18-25(26)27-32-29(5,21-11-9-20(2)10-12-21)30(6,33-27)22-13-16-24(31)17-14-22/h9-19H,8H2,1-7H3,(H,32,33)/t29-,30+/m0/s1. The number of nitrogens with zero attached hydrogens (tertiary/aromatic N) is 1. The van der Waals surface area contributed by atoms with E-state index >= 15 is 0 Å². The lowest BCUT2D eigenvalue weighted by Gasteiger charge is -2.40. The summed E-state index contributed by atoms with van der Waals surface area (Å²) in [4.78, 5) is 5.36. The van der Waals surface area contributed by atoms with E-state index in [2.05, 4.69) is 94.5 Å². The smallest absolute Gasteiger partial charge is 0.133 e. The molecule has 0 saturated carbocycles. The van der Waals surface area contributed by atoms with Gasteiger partial charge in [0.05, 0.1) is 23.3 Å². The number of aryl methyl sites for hydroxylation is 1. The molecular formula is C30H35ClN2O2. The number of benzene rings is 3. The first-order valence-electron chi connectivity index (χ1n) is 12.1. The van der Waals surface area contributed by atoms with E-state index in [1.165, 1.54) is 5.56 Å². The Labute approximate surface area is 214 Å². The molecule has 5 heteroatoms. The third kappa shape index (κ3) is 4.46. The summed E-state index contributed by atoms with van der Waals surface area (Å²) in [6, 6.07) is 22.9. The maximum Gasteiger partial charge on any atom is 0.133 e. The van der Waals surface area contributed by atoms with E-state index in [4.69, 9.17) is 26.1 Å². The molecule has 4 rings (SSSR count). The van der Waals surface area contributed by atoms with Crippen molar-refractivity contribution in [3.63, 3.8) is 0 Å². The summed E-state index contributed by atoms with van der Waals surface area (Å²) in [5.74, 6) is 1.59. The van der Waals surface area contributed by atoms with Crippen molar-refractivity contribution in [2.24, 2.45) is 4.99 Å². The van der Waals surface area contributed by atoms with Crippen molar-refractivity contribution < 1.29 is 9.47 Å². The van der Waals surface area contributed by atoms with Crippen molar-refractivity contribution in [2.75, 3.05) is 13.7 Å². The number of ether oxygens (including phenoxy) is 2. The van der Waals surface area contributed by atoms with Gasteiger partial charge in [0.25, 0.3) is 0 Å². The third-order valence-corrected chi connectivity index (χ3v) is 7.71. The van der Waals surface area contributed by atoms with Gasteiger partial charge in [-0.1, -0.05) is 59.6 Å². The Balaban J connectivity index is 1.89. The van der Waals surface area contributed by atoms with Gasteiger partial charge in [-0.15, -0.1) is 0 Å². The van der Waals surface area contributed by atoms with Gasteiger partial charge in [0.2, 0.25) is 0 Å². The monoisotopic (exact) mass is 490 g/mol. The summed E-state index contributed by atoms with van der Waals surface area (Å²) in [6.07, 6.45) is 0. The van der Waals surface area contributed by atoms with Crippen LogP contribution in [0.1, 0.15) is 62.4 Å². The van der Waals surface area contributed by atoms with E-state index < -0.39 is 16.7 Å². The lowest BCUT2D eigenvalue weighted by Crippen LogP contribution is -2.50. The minimum atomic E-state index is -0.572. The molecule has 35 heavy (non-hydrogen) atoms. The molecule has 0 aliphatic carbocycles. The second-order valence-corrected chi connectivity index (χ2v) is 10.5. The fraction of sp³-hybridized carbons (Fsp3) is 0.367. The first-order chi connectivity index (χ1) is 16.5. The van der Waals surface area contributed by atoms with Crippen molar-refractivity contribution in [1.29, 1.82) is 0 Å². The van der Waals surface area contributed by atoms with Crippen LogP contribution >= 0.6 is 11.6 Å². The molecule has 0 amide bonds. The lowest BCUT2D eigenvalue weighted by molar-refractivity contribution is 0.0190. The normalized spacial score (nSPS) is 22.0. The van der Waals surface area contributed by atoms with Gasteiger partial charge in [0, 0.05) is 12.1 Å². The zero-order valence-electron chi connectivity index (χ0n) is 21.7. The topological polar surface area (TPSA) is 42.9 Å². The number of aliphatic imine (C=N–C) groups is 1. The molecule has 1 N–H and O–H groups in total. The summed E-state index contributed by atoms with van der Waals surface area (Å²) in [5.41, 5.74) is 3.93. The summed E-state index contributed by atoms with van der Waals surface area (Å²) in [6.45, 7) is 13.1. The second-order valence-electron chi connectivity index (χ2n) is 10.0. The summed E-state index contributed by atoms with van der Waals surface area (Å²) in [7, 11) is 1.72. The largest absolute Gasteiger partial charge is 0.493 e. The average Bonchev–Trinajstić information content (AvgIpc) is 3.12. The van der Waals surface area contributed by atoms with Gasteiger partial charge in [-0.25, -0.2) is 0 Å². The number of nitrogens with one attached hydrogen (secondary N) is 1. The predicted molar refractivity (Wildman–Crippen MR) is 145 cm³/mol. The number of halogens is 1. The van der Waals surface area contributed by atoms with Crippen LogP contribution in [0.4, 0.5) is 0 Å². The Kier molecular flexibility index (Phi) is 6.74. The number of hydrogen-bond donors (Lipinski definition) is 1. The van der Waals surface area contributed by atoms with E-state index in [1.54, 1.807) is 7.11 Å². The first-order valence-corrected chi connectivity index (χ1v) is 12.5. The number of methoxy groups -OCH3 is 1. The van der Waals surface area contributed by atoms with Crippen LogP contribution in [0.5, 0.6) is 5.75 Å². The quantitative estimate of drug-likeness (QED) is 0.383. The van der Waals surface area contributed by atoms with Gasteiger partial charge in [-0.3, -0.25) is 4.99 Å². The number of hydrogen-bond acceptors (Lipinski definition) is 4. The molecule has 1 heterocycles. The minimum absolute atomic E-state index is 0.427. The van der Waals surface area contributed by atoms with Crippen molar-refractivity contribution in [3.8, 4) is 5.75 Å². The molecule has 0 unspecified atom stereocenters. The molecule has 1 aliphatic heterocycles. The Bertz CT molecular complexity index is 1230. The van der Waals surface area contributed by atoms with Crippen LogP contribution in [0.25, 0.3) is 0 Å². The molecule has 0 fully saturated rings. The van der Waals surface area contributed by atoms with Crippen molar-refractivity contribution in [3.05, 3.63) is 99.6 Å². The Morgan fingerprint density at radius 3 is 2.17 bits per heavy atom. The summed E-state index contributed by atoms with van der Waals surface area (Å²) in [5, 5.41) is 4.50. The molecule has 1 aliphatic rings. The number of rotatable bonds is 7. The Morgan fingerprint density at radius 2 is 1.57 bits per heavy atom. The van der Waals surface area contributed by atoms with Crippen LogP contribution < -0.4 is 10.1 Å². The fourth-order valence-electron chi connectivity index (χ4n) is 4.70. The van der Waals surface area contributed by atoms with Gasteiger partial charge in [0.1, 0.15) is 17.1 Å². The SMILES string of the molecule is CCOc1cc(C(C)(C)OC)ccc1C1=N[C@@](C)(c2ccc(C)cc2)[C@@](C)(c2ccc(Cl)cc2)N1. The van der Waals surface area contributed by atoms with Crippen LogP contribution in [-0.2, 0) is 21.4 Å². The maximum absolute atomic E-state index is 6.24. The molecule has 184 valence electrons. The van der Waals surface area contributed by atoms with Gasteiger partial charge in [-0.05, 0) is 82.5 Å². The average molecular weight is 491 g/mol. The van der Waals surface area contributed by atoms with E-state index in [0.29, 0.717) is 11.6 Å². The molecule has 0 radical (unpaired) electrons. The van der Waals surface area contributed by atoms with E-state index in [-0.39, 0.29) is 0 Å². The lowest BCUT2D eigenvalue weighted by atomic mass is 9.71. The van der Waals surface area contributed by atoms with Crippen LogP contribution in [0.2, 0.25) is 5.02 Å². The van der Waals surface area contributed by atoms with Crippen molar-refractivity contribution >= 4 is 17.4 Å². The molecule has 0 spiro atoms. The molecule has 0 aromatic heterocycles. The Morgan fingerprint density at radius 1 is 0.943 bits per heavy atom.